The monoisotopic (exact) mass is 317 g/mol. The predicted octanol–water partition coefficient (Wildman–Crippen LogP) is 2.36. The van der Waals surface area contributed by atoms with Gasteiger partial charge in [0.1, 0.15) is 11.4 Å². The summed E-state index contributed by atoms with van der Waals surface area (Å²) in [6.07, 6.45) is 0. The Kier molecular flexibility index (Phi) is 4.64. The molecule has 0 fully saturated rings. The number of hydrogen-bond acceptors (Lipinski definition) is 6. The SMILES string of the molecule is Nc1nc2ccccc2s1.O=C(O)c1cccc(C(=O)O)n1. The van der Waals surface area contributed by atoms with Crippen LogP contribution >= 0.6 is 11.3 Å². The number of aromatic nitrogens is 2. The molecular weight excluding hydrogens is 306 g/mol. The Morgan fingerprint density at radius 1 is 0.909 bits per heavy atom. The van der Waals surface area contributed by atoms with Gasteiger partial charge in [-0.1, -0.05) is 29.5 Å². The number of rotatable bonds is 2. The van der Waals surface area contributed by atoms with Crippen molar-refractivity contribution < 1.29 is 19.8 Å². The van der Waals surface area contributed by atoms with Crippen molar-refractivity contribution in [3.63, 3.8) is 0 Å². The second kappa shape index (κ2) is 6.64. The molecule has 0 unspecified atom stereocenters. The molecule has 0 saturated carbocycles. The zero-order chi connectivity index (χ0) is 16.1. The fourth-order valence-electron chi connectivity index (χ4n) is 1.56. The fourth-order valence-corrected chi connectivity index (χ4v) is 2.30. The van der Waals surface area contributed by atoms with E-state index in [9.17, 15) is 9.59 Å². The van der Waals surface area contributed by atoms with Gasteiger partial charge in [-0.2, -0.15) is 0 Å². The molecular formula is C14H11N3O4S. The smallest absolute Gasteiger partial charge is 0.354 e. The van der Waals surface area contributed by atoms with Gasteiger partial charge in [0, 0.05) is 0 Å². The van der Waals surface area contributed by atoms with Crippen LogP contribution in [0.5, 0.6) is 0 Å². The van der Waals surface area contributed by atoms with Crippen LogP contribution in [0.2, 0.25) is 0 Å². The van der Waals surface area contributed by atoms with Crippen molar-refractivity contribution in [1.82, 2.24) is 9.97 Å². The molecule has 1 aromatic carbocycles. The van der Waals surface area contributed by atoms with E-state index in [0.717, 1.165) is 10.2 Å². The predicted molar refractivity (Wildman–Crippen MR) is 82.2 cm³/mol. The average Bonchev–Trinajstić information content (AvgIpc) is 2.88. The standard InChI is InChI=1S/C7H6N2S.C7H5NO4/c8-7-9-5-3-1-2-4-6(5)10-7;9-6(10)4-2-1-3-5(8-4)7(11)12/h1-4H,(H2,8,9);1-3H,(H,9,10)(H,11,12). The first kappa shape index (κ1) is 15.4. The molecule has 0 atom stereocenters. The summed E-state index contributed by atoms with van der Waals surface area (Å²) in [6.45, 7) is 0. The molecule has 22 heavy (non-hydrogen) atoms. The molecule has 3 rings (SSSR count). The van der Waals surface area contributed by atoms with E-state index in [1.807, 2.05) is 24.3 Å². The summed E-state index contributed by atoms with van der Waals surface area (Å²) >= 11 is 1.52. The maximum Gasteiger partial charge on any atom is 0.354 e. The molecule has 2 aromatic heterocycles. The molecule has 0 aliphatic carbocycles. The number of nitrogen functional groups attached to an aromatic ring is 1. The lowest BCUT2D eigenvalue weighted by Gasteiger charge is -1.94. The number of carboxylic acid groups (broad SMARTS) is 2. The van der Waals surface area contributed by atoms with Crippen LogP contribution in [0.3, 0.4) is 0 Å². The molecule has 0 radical (unpaired) electrons. The third kappa shape index (κ3) is 3.76. The Morgan fingerprint density at radius 3 is 2.05 bits per heavy atom. The van der Waals surface area contributed by atoms with E-state index in [1.165, 1.54) is 29.5 Å². The van der Waals surface area contributed by atoms with Gasteiger partial charge < -0.3 is 15.9 Å². The molecule has 0 spiro atoms. The second-order valence-corrected chi connectivity index (χ2v) is 5.10. The topological polar surface area (TPSA) is 126 Å². The number of carboxylic acids is 2. The van der Waals surface area contributed by atoms with Crippen LogP contribution in [0.1, 0.15) is 21.0 Å². The second-order valence-electron chi connectivity index (χ2n) is 4.04. The summed E-state index contributed by atoms with van der Waals surface area (Å²) in [4.78, 5) is 28.1. The number of nitrogens with zero attached hydrogens (tertiary/aromatic N) is 2. The molecule has 112 valence electrons. The number of pyridine rings is 1. The highest BCUT2D eigenvalue weighted by molar-refractivity contribution is 7.22. The van der Waals surface area contributed by atoms with Crippen molar-refractivity contribution in [2.75, 3.05) is 5.73 Å². The van der Waals surface area contributed by atoms with Gasteiger partial charge in [-0.15, -0.1) is 0 Å². The van der Waals surface area contributed by atoms with Crippen molar-refractivity contribution in [2.45, 2.75) is 0 Å². The summed E-state index contributed by atoms with van der Waals surface area (Å²) in [5, 5.41) is 17.5. The van der Waals surface area contributed by atoms with E-state index >= 15 is 0 Å². The Morgan fingerprint density at radius 2 is 1.50 bits per heavy atom. The lowest BCUT2D eigenvalue weighted by molar-refractivity contribution is 0.0685. The van der Waals surface area contributed by atoms with Gasteiger partial charge in [0.15, 0.2) is 5.13 Å². The number of aromatic carboxylic acids is 2. The van der Waals surface area contributed by atoms with E-state index in [-0.39, 0.29) is 11.4 Å². The van der Waals surface area contributed by atoms with Gasteiger partial charge in [-0.3, -0.25) is 0 Å². The van der Waals surface area contributed by atoms with Crippen LogP contribution in [-0.4, -0.2) is 32.1 Å². The van der Waals surface area contributed by atoms with Crippen molar-refractivity contribution >= 4 is 38.6 Å². The highest BCUT2D eigenvalue weighted by atomic mass is 32.1. The number of hydrogen-bond donors (Lipinski definition) is 3. The number of carbonyl (C=O) groups is 2. The van der Waals surface area contributed by atoms with Crippen molar-refractivity contribution in [1.29, 1.82) is 0 Å². The van der Waals surface area contributed by atoms with Gasteiger partial charge in [0.2, 0.25) is 0 Å². The van der Waals surface area contributed by atoms with Crippen LogP contribution in [0.25, 0.3) is 10.2 Å². The molecule has 7 nitrogen and oxygen atoms in total. The van der Waals surface area contributed by atoms with Gasteiger partial charge in [-0.25, -0.2) is 19.6 Å². The average molecular weight is 317 g/mol. The number of anilines is 1. The minimum Gasteiger partial charge on any atom is -0.477 e. The van der Waals surface area contributed by atoms with Crippen molar-refractivity contribution in [3.05, 3.63) is 53.9 Å². The van der Waals surface area contributed by atoms with Crippen LogP contribution in [0, 0.1) is 0 Å². The summed E-state index contributed by atoms with van der Waals surface area (Å²) in [5.41, 5.74) is 5.95. The zero-order valence-corrected chi connectivity index (χ0v) is 11.9. The van der Waals surface area contributed by atoms with Crippen LogP contribution in [-0.2, 0) is 0 Å². The highest BCUT2D eigenvalue weighted by Crippen LogP contribution is 2.22. The van der Waals surface area contributed by atoms with Crippen LogP contribution in [0.4, 0.5) is 5.13 Å². The Bertz CT molecular complexity index is 769. The van der Waals surface area contributed by atoms with Gasteiger partial charge in [0.25, 0.3) is 0 Å². The number of benzene rings is 1. The quantitative estimate of drug-likeness (QED) is 0.662. The van der Waals surface area contributed by atoms with Crippen molar-refractivity contribution in [2.24, 2.45) is 0 Å². The maximum absolute atomic E-state index is 10.3. The third-order valence-electron chi connectivity index (χ3n) is 2.50. The minimum absolute atomic E-state index is 0.269. The highest BCUT2D eigenvalue weighted by Gasteiger charge is 2.08. The van der Waals surface area contributed by atoms with E-state index in [0.29, 0.717) is 5.13 Å². The van der Waals surface area contributed by atoms with Gasteiger partial charge in [-0.05, 0) is 24.3 Å². The molecule has 0 aliphatic heterocycles. The maximum atomic E-state index is 10.3. The molecule has 8 heteroatoms. The number of fused-ring (bicyclic) bond motifs is 1. The molecule has 4 N–H and O–H groups in total. The molecule has 2 heterocycles. The normalized spacial score (nSPS) is 9.82. The Labute approximate surface area is 128 Å². The minimum atomic E-state index is -1.24. The number of nitrogens with two attached hydrogens (primary N) is 1. The molecule has 3 aromatic rings. The zero-order valence-electron chi connectivity index (χ0n) is 11.1. The van der Waals surface area contributed by atoms with Crippen LogP contribution in [0.15, 0.2) is 42.5 Å². The molecule has 0 bridgehead atoms. The summed E-state index contributed by atoms with van der Waals surface area (Å²) in [7, 11) is 0. The number of thiazole rings is 1. The third-order valence-corrected chi connectivity index (χ3v) is 3.36. The lowest BCUT2D eigenvalue weighted by atomic mass is 10.3. The van der Waals surface area contributed by atoms with Crippen molar-refractivity contribution in [3.8, 4) is 0 Å². The van der Waals surface area contributed by atoms with Gasteiger partial charge in [0.05, 0.1) is 10.2 Å². The summed E-state index contributed by atoms with van der Waals surface area (Å²) in [5.74, 6) is -2.48. The first-order valence-corrected chi connectivity index (χ1v) is 6.83. The van der Waals surface area contributed by atoms with E-state index in [4.69, 9.17) is 15.9 Å². The van der Waals surface area contributed by atoms with E-state index in [2.05, 4.69) is 9.97 Å². The lowest BCUT2D eigenvalue weighted by Crippen LogP contribution is -2.06. The Hall–Kier alpha value is -3.00. The first-order valence-electron chi connectivity index (χ1n) is 6.02. The summed E-state index contributed by atoms with van der Waals surface area (Å²) < 4.78 is 1.15. The Balaban J connectivity index is 0.000000162. The first-order chi connectivity index (χ1) is 10.5. The van der Waals surface area contributed by atoms with Gasteiger partial charge >= 0.3 is 11.9 Å². The molecule has 0 aliphatic rings. The van der Waals surface area contributed by atoms with E-state index < -0.39 is 11.9 Å². The fraction of sp³-hybridized carbons (Fsp3) is 0. The molecule has 0 amide bonds. The van der Waals surface area contributed by atoms with E-state index in [1.54, 1.807) is 0 Å². The number of para-hydroxylation sites is 1. The molecule has 0 saturated heterocycles. The van der Waals surface area contributed by atoms with Crippen LogP contribution < -0.4 is 5.73 Å². The largest absolute Gasteiger partial charge is 0.477 e. The summed E-state index contributed by atoms with van der Waals surface area (Å²) in [6, 6.07) is 11.7.